The van der Waals surface area contributed by atoms with Crippen LogP contribution in [0, 0.1) is 0 Å². The highest BCUT2D eigenvalue weighted by atomic mass is 32.2. The lowest BCUT2D eigenvalue weighted by molar-refractivity contribution is 0.580. The zero-order valence-electron chi connectivity index (χ0n) is 11.5. The first kappa shape index (κ1) is 15.2. The van der Waals surface area contributed by atoms with Gasteiger partial charge in [-0.2, -0.15) is 11.8 Å². The summed E-state index contributed by atoms with van der Waals surface area (Å²) in [5.74, 6) is 0. The van der Waals surface area contributed by atoms with Crippen molar-refractivity contribution in [2.24, 2.45) is 0 Å². The third-order valence-electron chi connectivity index (χ3n) is 3.20. The molecule has 110 valence electrons. The minimum atomic E-state index is -3.51. The molecule has 1 heterocycles. The Morgan fingerprint density at radius 2 is 2.20 bits per heavy atom. The molecule has 0 aliphatic carbocycles. The molecular weight excluding hydrogens is 294 g/mol. The normalized spacial score (nSPS) is 13.7. The van der Waals surface area contributed by atoms with E-state index in [9.17, 15) is 8.42 Å². The highest BCUT2D eigenvalue weighted by Gasteiger charge is 2.18. The summed E-state index contributed by atoms with van der Waals surface area (Å²) in [6, 6.07) is 5.19. The molecule has 1 atom stereocenters. The lowest BCUT2D eigenvalue weighted by Crippen LogP contribution is -2.26. The molecular formula is C13H19N3O2S2. The molecule has 0 aliphatic rings. The molecule has 0 aliphatic heterocycles. The second-order valence-electron chi connectivity index (χ2n) is 4.69. The lowest BCUT2D eigenvalue weighted by Gasteiger charge is -2.09. The van der Waals surface area contributed by atoms with E-state index in [0.717, 1.165) is 11.9 Å². The van der Waals surface area contributed by atoms with E-state index < -0.39 is 10.0 Å². The Hall–Kier alpha value is -1.18. The van der Waals surface area contributed by atoms with Gasteiger partial charge in [0, 0.05) is 34.6 Å². The van der Waals surface area contributed by atoms with E-state index in [2.05, 4.69) is 16.6 Å². The predicted octanol–water partition coefficient (Wildman–Crippen LogP) is 2.17. The number of aromatic amines is 1. The van der Waals surface area contributed by atoms with Gasteiger partial charge in [0.1, 0.15) is 4.90 Å². The van der Waals surface area contributed by atoms with Crippen molar-refractivity contribution >= 4 is 38.4 Å². The summed E-state index contributed by atoms with van der Waals surface area (Å²) in [6.45, 7) is 2.50. The number of hydrogen-bond donors (Lipinski definition) is 3. The Bertz CT molecular complexity index is 695. The van der Waals surface area contributed by atoms with Crippen LogP contribution < -0.4 is 10.5 Å². The van der Waals surface area contributed by atoms with Crippen LogP contribution in [0.3, 0.4) is 0 Å². The fraction of sp³-hybridized carbons (Fsp3) is 0.385. The first-order valence-electron chi connectivity index (χ1n) is 6.33. The Morgan fingerprint density at radius 3 is 2.90 bits per heavy atom. The average molecular weight is 313 g/mol. The Labute approximate surface area is 123 Å². The standard InChI is InChI=1S/C13H19N3O2S2/c1-9(19-2)5-6-16-20(17,18)13-8-15-12-4-3-10(14)7-11(12)13/h3-4,7-9,15-16H,5-6,14H2,1-2H3. The zero-order chi connectivity index (χ0) is 14.8. The van der Waals surface area contributed by atoms with Crippen LogP contribution in [0.25, 0.3) is 10.9 Å². The number of nitrogen functional groups attached to an aromatic ring is 1. The number of H-pyrrole nitrogens is 1. The van der Waals surface area contributed by atoms with Gasteiger partial charge in [0.2, 0.25) is 10.0 Å². The van der Waals surface area contributed by atoms with Crippen molar-refractivity contribution in [2.75, 3.05) is 18.5 Å². The molecule has 0 bridgehead atoms. The largest absolute Gasteiger partial charge is 0.399 e. The first-order chi connectivity index (χ1) is 9.44. The summed E-state index contributed by atoms with van der Waals surface area (Å²) in [5.41, 5.74) is 7.03. The molecule has 5 nitrogen and oxygen atoms in total. The third-order valence-corrected chi connectivity index (χ3v) is 5.74. The van der Waals surface area contributed by atoms with Gasteiger partial charge >= 0.3 is 0 Å². The van der Waals surface area contributed by atoms with Crippen LogP contribution in [0.15, 0.2) is 29.3 Å². The molecule has 1 aromatic carbocycles. The van der Waals surface area contributed by atoms with Crippen LogP contribution in [0.4, 0.5) is 5.69 Å². The summed E-state index contributed by atoms with van der Waals surface area (Å²) in [5, 5.41) is 1.05. The van der Waals surface area contributed by atoms with Gasteiger partial charge in [0.05, 0.1) is 0 Å². The molecule has 0 fully saturated rings. The maximum atomic E-state index is 12.3. The van der Waals surface area contributed by atoms with Crippen molar-refractivity contribution < 1.29 is 8.42 Å². The second kappa shape index (κ2) is 6.07. The molecule has 2 rings (SSSR count). The fourth-order valence-corrected chi connectivity index (χ4v) is 3.50. The first-order valence-corrected chi connectivity index (χ1v) is 9.10. The van der Waals surface area contributed by atoms with Crippen LogP contribution in [0.2, 0.25) is 0 Å². The smallest absolute Gasteiger partial charge is 0.242 e. The van der Waals surface area contributed by atoms with Gasteiger partial charge < -0.3 is 10.7 Å². The number of fused-ring (bicyclic) bond motifs is 1. The maximum Gasteiger partial charge on any atom is 0.242 e. The monoisotopic (exact) mass is 313 g/mol. The van der Waals surface area contributed by atoms with Gasteiger partial charge in [-0.3, -0.25) is 0 Å². The second-order valence-corrected chi connectivity index (χ2v) is 7.70. The van der Waals surface area contributed by atoms with Gasteiger partial charge in [-0.1, -0.05) is 6.92 Å². The van der Waals surface area contributed by atoms with Crippen LogP contribution in [0.5, 0.6) is 0 Å². The lowest BCUT2D eigenvalue weighted by atomic mass is 10.2. The Balaban J connectivity index is 2.21. The quantitative estimate of drug-likeness (QED) is 0.713. The maximum absolute atomic E-state index is 12.3. The molecule has 0 radical (unpaired) electrons. The van der Waals surface area contributed by atoms with Crippen molar-refractivity contribution in [3.8, 4) is 0 Å². The molecule has 0 amide bonds. The molecule has 4 N–H and O–H groups in total. The number of benzene rings is 1. The van der Waals surface area contributed by atoms with Crippen molar-refractivity contribution in [2.45, 2.75) is 23.5 Å². The number of hydrogen-bond acceptors (Lipinski definition) is 4. The van der Waals surface area contributed by atoms with Gasteiger partial charge in [-0.25, -0.2) is 13.1 Å². The summed E-state index contributed by atoms with van der Waals surface area (Å²) in [7, 11) is -3.51. The minimum Gasteiger partial charge on any atom is -0.399 e. The Morgan fingerprint density at radius 1 is 1.45 bits per heavy atom. The summed E-state index contributed by atoms with van der Waals surface area (Å²) in [6.07, 6.45) is 4.32. The average Bonchev–Trinajstić information content (AvgIpc) is 2.81. The van der Waals surface area contributed by atoms with E-state index in [0.29, 0.717) is 22.9 Å². The van der Waals surface area contributed by atoms with Gasteiger partial charge in [0.15, 0.2) is 0 Å². The molecule has 1 aromatic heterocycles. The van der Waals surface area contributed by atoms with Gasteiger partial charge in [-0.05, 0) is 30.9 Å². The van der Waals surface area contributed by atoms with E-state index in [-0.39, 0.29) is 4.90 Å². The van der Waals surface area contributed by atoms with E-state index in [4.69, 9.17) is 5.73 Å². The number of rotatable bonds is 6. The minimum absolute atomic E-state index is 0.247. The van der Waals surface area contributed by atoms with Crippen LogP contribution in [-0.4, -0.2) is 31.5 Å². The van der Waals surface area contributed by atoms with Crippen LogP contribution in [0.1, 0.15) is 13.3 Å². The molecule has 20 heavy (non-hydrogen) atoms. The van der Waals surface area contributed by atoms with Crippen molar-refractivity contribution in [1.29, 1.82) is 0 Å². The predicted molar refractivity (Wildman–Crippen MR) is 85.5 cm³/mol. The molecule has 0 saturated carbocycles. The van der Waals surface area contributed by atoms with Crippen LogP contribution >= 0.6 is 11.8 Å². The molecule has 1 unspecified atom stereocenters. The van der Waals surface area contributed by atoms with E-state index in [1.807, 2.05) is 6.26 Å². The molecule has 2 aromatic rings. The summed E-state index contributed by atoms with van der Waals surface area (Å²) >= 11 is 1.72. The van der Waals surface area contributed by atoms with Crippen molar-refractivity contribution in [1.82, 2.24) is 9.71 Å². The van der Waals surface area contributed by atoms with Gasteiger partial charge in [0.25, 0.3) is 0 Å². The number of thioether (sulfide) groups is 1. The summed E-state index contributed by atoms with van der Waals surface area (Å²) < 4.78 is 27.3. The topological polar surface area (TPSA) is 88.0 Å². The molecule has 0 saturated heterocycles. The van der Waals surface area contributed by atoms with Crippen LogP contribution in [-0.2, 0) is 10.0 Å². The SMILES string of the molecule is CSC(C)CCNS(=O)(=O)c1c[nH]c2ccc(N)cc12. The van der Waals surface area contributed by atoms with E-state index in [1.54, 1.807) is 30.0 Å². The highest BCUT2D eigenvalue weighted by molar-refractivity contribution is 7.99. The number of nitrogens with one attached hydrogen (secondary N) is 2. The van der Waals surface area contributed by atoms with E-state index in [1.165, 1.54) is 6.20 Å². The highest BCUT2D eigenvalue weighted by Crippen LogP contribution is 2.24. The number of nitrogens with two attached hydrogens (primary N) is 1. The third kappa shape index (κ3) is 3.28. The number of sulfonamides is 1. The van der Waals surface area contributed by atoms with Crippen molar-refractivity contribution in [3.05, 3.63) is 24.4 Å². The van der Waals surface area contributed by atoms with E-state index >= 15 is 0 Å². The zero-order valence-corrected chi connectivity index (χ0v) is 13.1. The molecule has 0 spiro atoms. The number of aromatic nitrogens is 1. The fourth-order valence-electron chi connectivity index (χ4n) is 1.93. The summed E-state index contributed by atoms with van der Waals surface area (Å²) in [4.78, 5) is 3.20. The Kier molecular flexibility index (Phi) is 4.62. The van der Waals surface area contributed by atoms with Gasteiger partial charge in [-0.15, -0.1) is 0 Å². The van der Waals surface area contributed by atoms with Crippen molar-refractivity contribution in [3.63, 3.8) is 0 Å². The molecule has 7 heteroatoms. The number of anilines is 1.